The number of carbonyl (C=O) groups is 1. The van der Waals surface area contributed by atoms with E-state index < -0.39 is 6.09 Å². The first-order chi connectivity index (χ1) is 5.93. The molecule has 0 rings (SSSR count). The van der Waals surface area contributed by atoms with Gasteiger partial charge in [0.1, 0.15) is 0 Å². The molecule has 1 amide bonds. The zero-order chi connectivity index (χ0) is 10.5. The number of hydrogen-bond acceptors (Lipinski definition) is 3. The van der Waals surface area contributed by atoms with Gasteiger partial charge in [-0.05, 0) is 27.2 Å². The van der Waals surface area contributed by atoms with Crippen LogP contribution in [0.4, 0.5) is 4.79 Å². The van der Waals surface area contributed by atoms with E-state index in [1.54, 1.807) is 4.90 Å². The van der Waals surface area contributed by atoms with E-state index in [-0.39, 0.29) is 5.54 Å². The lowest BCUT2D eigenvalue weighted by molar-refractivity contribution is 0.0670. The lowest BCUT2D eigenvalue weighted by Crippen LogP contribution is -2.47. The summed E-state index contributed by atoms with van der Waals surface area (Å²) in [6, 6.07) is 0. The summed E-state index contributed by atoms with van der Waals surface area (Å²) in [5, 5.41) is 0. The Hall–Kier alpha value is -0.770. The highest BCUT2D eigenvalue weighted by Gasteiger charge is 2.26. The predicted molar refractivity (Wildman–Crippen MR) is 52.0 cm³/mol. The molecule has 0 aliphatic carbocycles. The Labute approximate surface area is 80.0 Å². The van der Waals surface area contributed by atoms with E-state index in [1.807, 2.05) is 20.8 Å². The molecule has 0 aliphatic heterocycles. The molecule has 0 unspecified atom stereocenters. The van der Waals surface area contributed by atoms with Crippen LogP contribution in [0.25, 0.3) is 0 Å². The summed E-state index contributed by atoms with van der Waals surface area (Å²) in [5.41, 5.74) is -0.231. The van der Waals surface area contributed by atoms with Crippen LogP contribution in [0.1, 0.15) is 40.5 Å². The van der Waals surface area contributed by atoms with Gasteiger partial charge in [0.25, 0.3) is 0 Å². The third-order valence-corrected chi connectivity index (χ3v) is 1.87. The standard InChI is InChI=1S/C9H20N2O2/c1-5-6-7-11(8(12)13-10)9(2,3)4/h5-7,10H2,1-4H3. The van der Waals surface area contributed by atoms with Crippen molar-refractivity contribution in [2.45, 2.75) is 46.1 Å². The van der Waals surface area contributed by atoms with Crippen LogP contribution in [0.15, 0.2) is 0 Å². The number of amides is 1. The van der Waals surface area contributed by atoms with E-state index in [4.69, 9.17) is 5.90 Å². The van der Waals surface area contributed by atoms with Gasteiger partial charge in [0.2, 0.25) is 0 Å². The quantitative estimate of drug-likeness (QED) is 0.688. The second-order valence-corrected chi connectivity index (χ2v) is 4.06. The van der Waals surface area contributed by atoms with Crippen molar-refractivity contribution in [2.24, 2.45) is 5.90 Å². The highest BCUT2D eigenvalue weighted by molar-refractivity contribution is 5.68. The Bertz CT molecular complexity index is 163. The number of nitrogens with two attached hydrogens (primary N) is 1. The van der Waals surface area contributed by atoms with E-state index in [9.17, 15) is 4.79 Å². The Balaban J connectivity index is 4.28. The van der Waals surface area contributed by atoms with Crippen molar-refractivity contribution in [1.82, 2.24) is 4.90 Å². The largest absolute Gasteiger partial charge is 0.428 e. The number of nitrogens with zero attached hydrogens (tertiary/aromatic N) is 1. The smallest absolute Gasteiger partial charge is 0.357 e. The fourth-order valence-corrected chi connectivity index (χ4v) is 1.08. The van der Waals surface area contributed by atoms with Gasteiger partial charge in [0, 0.05) is 12.1 Å². The van der Waals surface area contributed by atoms with E-state index in [0.29, 0.717) is 6.54 Å². The van der Waals surface area contributed by atoms with Crippen LogP contribution in [0.3, 0.4) is 0 Å². The molecule has 0 heterocycles. The molecule has 0 atom stereocenters. The minimum absolute atomic E-state index is 0.231. The molecule has 0 saturated heterocycles. The highest BCUT2D eigenvalue weighted by atomic mass is 16.7. The van der Waals surface area contributed by atoms with Crippen LogP contribution >= 0.6 is 0 Å². The fraction of sp³-hybridized carbons (Fsp3) is 0.889. The van der Waals surface area contributed by atoms with Crippen molar-refractivity contribution in [1.29, 1.82) is 0 Å². The summed E-state index contributed by atoms with van der Waals surface area (Å²) >= 11 is 0. The van der Waals surface area contributed by atoms with Crippen molar-refractivity contribution in [3.63, 3.8) is 0 Å². The van der Waals surface area contributed by atoms with Gasteiger partial charge in [-0.15, -0.1) is 0 Å². The molecule has 4 nitrogen and oxygen atoms in total. The third kappa shape index (κ3) is 4.12. The van der Waals surface area contributed by atoms with Crippen LogP contribution < -0.4 is 5.90 Å². The number of carbonyl (C=O) groups excluding carboxylic acids is 1. The van der Waals surface area contributed by atoms with Gasteiger partial charge in [-0.1, -0.05) is 13.3 Å². The van der Waals surface area contributed by atoms with Gasteiger partial charge in [0.15, 0.2) is 0 Å². The lowest BCUT2D eigenvalue weighted by Gasteiger charge is -2.33. The van der Waals surface area contributed by atoms with Crippen molar-refractivity contribution in [3.05, 3.63) is 0 Å². The van der Waals surface area contributed by atoms with Gasteiger partial charge in [-0.25, -0.2) is 4.79 Å². The van der Waals surface area contributed by atoms with Gasteiger partial charge in [0.05, 0.1) is 0 Å². The van der Waals surface area contributed by atoms with Gasteiger partial charge >= 0.3 is 6.09 Å². The van der Waals surface area contributed by atoms with Gasteiger partial charge in [-0.3, -0.25) is 0 Å². The van der Waals surface area contributed by atoms with Crippen LogP contribution in [0.5, 0.6) is 0 Å². The van der Waals surface area contributed by atoms with E-state index >= 15 is 0 Å². The Morgan fingerprint density at radius 3 is 2.31 bits per heavy atom. The molecule has 2 N–H and O–H groups in total. The number of hydrogen-bond donors (Lipinski definition) is 1. The fourth-order valence-electron chi connectivity index (χ4n) is 1.08. The van der Waals surface area contributed by atoms with E-state index in [1.165, 1.54) is 0 Å². The highest BCUT2D eigenvalue weighted by Crippen LogP contribution is 2.14. The molecule has 0 aromatic carbocycles. The van der Waals surface area contributed by atoms with Crippen molar-refractivity contribution < 1.29 is 9.63 Å². The minimum Gasteiger partial charge on any atom is -0.357 e. The molecule has 78 valence electrons. The Morgan fingerprint density at radius 1 is 1.46 bits per heavy atom. The topological polar surface area (TPSA) is 55.6 Å². The van der Waals surface area contributed by atoms with Crippen LogP contribution in [-0.2, 0) is 4.84 Å². The normalized spacial score (nSPS) is 11.2. The average molecular weight is 188 g/mol. The predicted octanol–water partition coefficient (Wildman–Crippen LogP) is 1.90. The molecular weight excluding hydrogens is 168 g/mol. The second kappa shape index (κ2) is 5.07. The summed E-state index contributed by atoms with van der Waals surface area (Å²) in [7, 11) is 0. The Morgan fingerprint density at radius 2 is 2.00 bits per heavy atom. The molecule has 0 radical (unpaired) electrons. The van der Waals surface area contributed by atoms with Crippen LogP contribution in [0, 0.1) is 0 Å². The first kappa shape index (κ1) is 12.2. The van der Waals surface area contributed by atoms with Crippen LogP contribution in [0.2, 0.25) is 0 Å². The lowest BCUT2D eigenvalue weighted by atomic mass is 10.1. The summed E-state index contributed by atoms with van der Waals surface area (Å²) < 4.78 is 0. The van der Waals surface area contributed by atoms with Crippen molar-refractivity contribution in [2.75, 3.05) is 6.54 Å². The summed E-state index contributed by atoms with van der Waals surface area (Å²) in [6.45, 7) is 8.64. The third-order valence-electron chi connectivity index (χ3n) is 1.87. The maximum absolute atomic E-state index is 11.2. The zero-order valence-corrected chi connectivity index (χ0v) is 8.96. The first-order valence-corrected chi connectivity index (χ1v) is 4.61. The maximum Gasteiger partial charge on any atom is 0.428 e. The number of rotatable bonds is 3. The van der Waals surface area contributed by atoms with E-state index in [0.717, 1.165) is 12.8 Å². The molecule has 0 aromatic heterocycles. The van der Waals surface area contributed by atoms with Gasteiger partial charge in [-0.2, -0.15) is 5.90 Å². The Kier molecular flexibility index (Phi) is 4.77. The minimum atomic E-state index is -0.457. The molecule has 4 heteroatoms. The molecule has 0 saturated carbocycles. The van der Waals surface area contributed by atoms with Crippen molar-refractivity contribution in [3.8, 4) is 0 Å². The van der Waals surface area contributed by atoms with Crippen molar-refractivity contribution >= 4 is 6.09 Å². The van der Waals surface area contributed by atoms with E-state index in [2.05, 4.69) is 11.8 Å². The molecular formula is C9H20N2O2. The summed E-state index contributed by atoms with van der Waals surface area (Å²) in [5.74, 6) is 4.85. The molecule has 0 aliphatic rings. The number of unbranched alkanes of at least 4 members (excludes halogenated alkanes) is 1. The zero-order valence-electron chi connectivity index (χ0n) is 8.96. The average Bonchev–Trinajstić information content (AvgIpc) is 2.02. The molecule has 0 spiro atoms. The summed E-state index contributed by atoms with van der Waals surface area (Å²) in [4.78, 5) is 17.1. The SMILES string of the molecule is CCCCN(C(=O)ON)C(C)(C)C. The molecule has 0 aromatic rings. The molecule has 13 heavy (non-hydrogen) atoms. The maximum atomic E-state index is 11.2. The van der Waals surface area contributed by atoms with Gasteiger partial charge < -0.3 is 9.74 Å². The first-order valence-electron chi connectivity index (χ1n) is 4.61. The van der Waals surface area contributed by atoms with Crippen LogP contribution in [-0.4, -0.2) is 23.1 Å². The monoisotopic (exact) mass is 188 g/mol. The second-order valence-electron chi connectivity index (χ2n) is 4.06. The summed E-state index contributed by atoms with van der Waals surface area (Å²) in [6.07, 6.45) is 1.55. The molecule has 0 fully saturated rings. The molecule has 0 bridgehead atoms.